The first-order valence-electron chi connectivity index (χ1n) is 6.89. The summed E-state index contributed by atoms with van der Waals surface area (Å²) < 4.78 is 0. The molecule has 100 valence electrons. The first-order valence-corrected chi connectivity index (χ1v) is 6.89. The van der Waals surface area contributed by atoms with Crippen molar-refractivity contribution < 1.29 is 4.79 Å². The summed E-state index contributed by atoms with van der Waals surface area (Å²) in [6.07, 6.45) is 2.56. The van der Waals surface area contributed by atoms with E-state index in [0.717, 1.165) is 18.4 Å². The van der Waals surface area contributed by atoms with E-state index in [9.17, 15) is 4.79 Å². The van der Waals surface area contributed by atoms with Crippen LogP contribution in [0.1, 0.15) is 49.5 Å². The van der Waals surface area contributed by atoms with Crippen molar-refractivity contribution in [1.29, 1.82) is 0 Å². The zero-order valence-electron chi connectivity index (χ0n) is 11.8. The van der Waals surface area contributed by atoms with Crippen molar-refractivity contribution >= 4 is 5.78 Å². The number of nitrogens with two attached hydrogens (primary N) is 1. The predicted octanol–water partition coefficient (Wildman–Crippen LogP) is 3.44. The molecule has 2 nitrogen and oxygen atoms in total. The van der Waals surface area contributed by atoms with Crippen molar-refractivity contribution in [3.63, 3.8) is 0 Å². The highest BCUT2D eigenvalue weighted by atomic mass is 16.1. The molecule has 0 amide bonds. The maximum absolute atomic E-state index is 12.2. The molecular formula is C16H25NO. The van der Waals surface area contributed by atoms with Crippen molar-refractivity contribution in [2.24, 2.45) is 17.6 Å². The molecule has 0 radical (unpaired) electrons. The van der Waals surface area contributed by atoms with E-state index in [4.69, 9.17) is 5.73 Å². The van der Waals surface area contributed by atoms with E-state index in [0.29, 0.717) is 24.8 Å². The van der Waals surface area contributed by atoms with Crippen LogP contribution in [0, 0.1) is 11.8 Å². The average molecular weight is 247 g/mol. The molecule has 0 saturated heterocycles. The molecule has 18 heavy (non-hydrogen) atoms. The van der Waals surface area contributed by atoms with Gasteiger partial charge in [0, 0.05) is 12.0 Å². The zero-order valence-corrected chi connectivity index (χ0v) is 11.8. The fourth-order valence-corrected chi connectivity index (χ4v) is 2.27. The number of carbonyl (C=O) groups excluding carboxylic acids is 1. The van der Waals surface area contributed by atoms with Gasteiger partial charge >= 0.3 is 0 Å². The number of hydrogen-bond donors (Lipinski definition) is 1. The van der Waals surface area contributed by atoms with Crippen molar-refractivity contribution in [1.82, 2.24) is 0 Å². The van der Waals surface area contributed by atoms with E-state index in [1.807, 2.05) is 18.2 Å². The molecule has 2 heteroatoms. The summed E-state index contributed by atoms with van der Waals surface area (Å²) in [5.41, 5.74) is 7.80. The number of carbonyl (C=O) groups is 1. The van der Waals surface area contributed by atoms with E-state index in [1.54, 1.807) is 0 Å². The van der Waals surface area contributed by atoms with Crippen LogP contribution in [0.25, 0.3) is 0 Å². The Kier molecular flexibility index (Phi) is 6.06. The van der Waals surface area contributed by atoms with Gasteiger partial charge in [-0.05, 0) is 42.9 Å². The Hall–Kier alpha value is -1.15. The monoisotopic (exact) mass is 247 g/mol. The number of Topliss-reactive ketones (excluding diaryl/α,β-unsaturated/α-hetero) is 1. The first kappa shape index (κ1) is 14.9. The van der Waals surface area contributed by atoms with Crippen LogP contribution in [-0.2, 0) is 6.42 Å². The van der Waals surface area contributed by atoms with E-state index >= 15 is 0 Å². The Balaban J connectivity index is 2.68. The Morgan fingerprint density at radius 1 is 1.33 bits per heavy atom. The molecule has 0 saturated carbocycles. The van der Waals surface area contributed by atoms with E-state index in [-0.39, 0.29) is 5.78 Å². The van der Waals surface area contributed by atoms with Crippen LogP contribution in [0.3, 0.4) is 0 Å². The van der Waals surface area contributed by atoms with Gasteiger partial charge in [0.2, 0.25) is 0 Å². The van der Waals surface area contributed by atoms with Crippen molar-refractivity contribution in [2.75, 3.05) is 6.54 Å². The zero-order chi connectivity index (χ0) is 13.5. The predicted molar refractivity (Wildman–Crippen MR) is 76.8 cm³/mol. The summed E-state index contributed by atoms with van der Waals surface area (Å²) in [5.74, 6) is 1.12. The Morgan fingerprint density at radius 3 is 2.61 bits per heavy atom. The number of aryl methyl sites for hydroxylation is 1. The quantitative estimate of drug-likeness (QED) is 0.750. The number of benzene rings is 1. The average Bonchev–Trinajstić information content (AvgIpc) is 2.37. The second-order valence-corrected chi connectivity index (χ2v) is 5.41. The van der Waals surface area contributed by atoms with Crippen LogP contribution in [0.4, 0.5) is 0 Å². The first-order chi connectivity index (χ1) is 8.56. The molecule has 1 unspecified atom stereocenters. The molecule has 0 aliphatic heterocycles. The Bertz CT molecular complexity index is 384. The maximum Gasteiger partial charge on any atom is 0.163 e. The summed E-state index contributed by atoms with van der Waals surface area (Å²) in [5, 5.41) is 0. The van der Waals surface area contributed by atoms with Crippen molar-refractivity contribution in [3.05, 3.63) is 35.4 Å². The van der Waals surface area contributed by atoms with E-state index < -0.39 is 0 Å². The minimum absolute atomic E-state index is 0.224. The fraction of sp³-hybridized carbons (Fsp3) is 0.562. The van der Waals surface area contributed by atoms with Crippen LogP contribution < -0.4 is 5.73 Å². The molecule has 1 aromatic rings. The number of ketones is 1. The molecule has 0 bridgehead atoms. The molecule has 0 heterocycles. The van der Waals surface area contributed by atoms with E-state index in [2.05, 4.69) is 26.8 Å². The second kappa shape index (κ2) is 7.32. The van der Waals surface area contributed by atoms with Gasteiger partial charge in [0.15, 0.2) is 5.78 Å². The molecule has 1 rings (SSSR count). The molecule has 0 aliphatic carbocycles. The summed E-state index contributed by atoms with van der Waals surface area (Å²) >= 11 is 0. The smallest absolute Gasteiger partial charge is 0.163 e. The normalized spacial score (nSPS) is 12.7. The summed E-state index contributed by atoms with van der Waals surface area (Å²) in [6, 6.07) is 7.94. The van der Waals surface area contributed by atoms with E-state index in [1.165, 1.54) is 5.56 Å². The minimum Gasteiger partial charge on any atom is -0.330 e. The van der Waals surface area contributed by atoms with Gasteiger partial charge in [-0.2, -0.15) is 0 Å². The third-order valence-corrected chi connectivity index (χ3v) is 3.27. The van der Waals surface area contributed by atoms with Crippen LogP contribution in [0.15, 0.2) is 24.3 Å². The SMILES string of the molecule is CCc1cccc(C(=O)CC(CN)CC(C)C)c1. The molecule has 1 aromatic carbocycles. The summed E-state index contributed by atoms with van der Waals surface area (Å²) in [7, 11) is 0. The highest BCUT2D eigenvalue weighted by Crippen LogP contribution is 2.18. The Labute approximate surface area is 111 Å². The van der Waals surface area contributed by atoms with Gasteiger partial charge in [-0.1, -0.05) is 39.0 Å². The standard InChI is InChI=1S/C16H25NO/c1-4-13-6-5-7-15(9-13)16(18)10-14(11-17)8-12(2)3/h5-7,9,12,14H,4,8,10-11,17H2,1-3H3. The van der Waals surface area contributed by atoms with Crippen LogP contribution in [0.2, 0.25) is 0 Å². The van der Waals surface area contributed by atoms with Crippen molar-refractivity contribution in [2.45, 2.75) is 40.0 Å². The number of rotatable bonds is 7. The van der Waals surface area contributed by atoms with Crippen LogP contribution in [0.5, 0.6) is 0 Å². The minimum atomic E-state index is 0.224. The summed E-state index contributed by atoms with van der Waals surface area (Å²) in [4.78, 5) is 12.2. The molecule has 1 atom stereocenters. The van der Waals surface area contributed by atoms with Crippen LogP contribution in [-0.4, -0.2) is 12.3 Å². The highest BCUT2D eigenvalue weighted by Gasteiger charge is 2.15. The fourth-order valence-electron chi connectivity index (χ4n) is 2.27. The molecule has 0 spiro atoms. The van der Waals surface area contributed by atoms with Gasteiger partial charge in [-0.3, -0.25) is 4.79 Å². The van der Waals surface area contributed by atoms with Gasteiger partial charge in [0.1, 0.15) is 0 Å². The highest BCUT2D eigenvalue weighted by molar-refractivity contribution is 5.96. The van der Waals surface area contributed by atoms with Crippen molar-refractivity contribution in [3.8, 4) is 0 Å². The van der Waals surface area contributed by atoms with Gasteiger partial charge in [0.05, 0.1) is 0 Å². The lowest BCUT2D eigenvalue weighted by molar-refractivity contribution is 0.0957. The molecule has 0 fully saturated rings. The topological polar surface area (TPSA) is 43.1 Å². The van der Waals surface area contributed by atoms with Crippen LogP contribution >= 0.6 is 0 Å². The molecular weight excluding hydrogens is 222 g/mol. The maximum atomic E-state index is 12.2. The number of hydrogen-bond acceptors (Lipinski definition) is 2. The lowest BCUT2D eigenvalue weighted by atomic mass is 9.90. The third-order valence-electron chi connectivity index (χ3n) is 3.27. The third kappa shape index (κ3) is 4.61. The lowest BCUT2D eigenvalue weighted by Gasteiger charge is -2.16. The molecule has 0 aliphatic rings. The van der Waals surface area contributed by atoms with Gasteiger partial charge in [-0.15, -0.1) is 0 Å². The lowest BCUT2D eigenvalue weighted by Crippen LogP contribution is -2.20. The van der Waals surface area contributed by atoms with Gasteiger partial charge < -0.3 is 5.73 Å². The molecule has 2 N–H and O–H groups in total. The van der Waals surface area contributed by atoms with Gasteiger partial charge in [-0.25, -0.2) is 0 Å². The van der Waals surface area contributed by atoms with Gasteiger partial charge in [0.25, 0.3) is 0 Å². The summed E-state index contributed by atoms with van der Waals surface area (Å²) in [6.45, 7) is 7.04. The second-order valence-electron chi connectivity index (χ2n) is 5.41. The largest absolute Gasteiger partial charge is 0.330 e. The molecule has 0 aromatic heterocycles. The Morgan fingerprint density at radius 2 is 2.06 bits per heavy atom.